The molecule has 0 saturated carbocycles. The fourth-order valence-corrected chi connectivity index (χ4v) is 2.13. The molecule has 1 atom stereocenters. The topological polar surface area (TPSA) is 21.3 Å². The van der Waals surface area contributed by atoms with Crippen LogP contribution in [0.4, 0.5) is 0 Å². The van der Waals surface area contributed by atoms with Crippen LogP contribution in [0.3, 0.4) is 0 Å². The highest BCUT2D eigenvalue weighted by Gasteiger charge is 2.06. The second-order valence-electron chi connectivity index (χ2n) is 3.45. The van der Waals surface area contributed by atoms with Crippen molar-refractivity contribution in [2.75, 3.05) is 31.8 Å². The molecule has 0 heterocycles. The van der Waals surface area contributed by atoms with Gasteiger partial charge in [-0.15, -0.1) is 0 Å². The summed E-state index contributed by atoms with van der Waals surface area (Å²) in [6, 6.07) is 0.676. The lowest BCUT2D eigenvalue weighted by atomic mass is 10.2. The summed E-state index contributed by atoms with van der Waals surface area (Å²) < 4.78 is 5.07. The van der Waals surface area contributed by atoms with Crippen molar-refractivity contribution in [2.24, 2.45) is 0 Å². The molecule has 0 aromatic heterocycles. The summed E-state index contributed by atoms with van der Waals surface area (Å²) in [5.41, 5.74) is 0. The summed E-state index contributed by atoms with van der Waals surface area (Å²) in [7, 11) is 1.77. The molecule has 0 bridgehead atoms. The van der Waals surface area contributed by atoms with Gasteiger partial charge in [0, 0.05) is 25.5 Å². The lowest BCUT2D eigenvalue weighted by molar-refractivity contribution is 0.189. The maximum atomic E-state index is 5.07. The van der Waals surface area contributed by atoms with E-state index in [4.69, 9.17) is 4.74 Å². The summed E-state index contributed by atoms with van der Waals surface area (Å²) in [6.45, 7) is 6.46. The van der Waals surface area contributed by atoms with E-state index >= 15 is 0 Å². The molecule has 0 aromatic carbocycles. The highest BCUT2D eigenvalue weighted by Crippen LogP contribution is 2.07. The van der Waals surface area contributed by atoms with Crippen molar-refractivity contribution in [3.63, 3.8) is 0 Å². The molecule has 0 aliphatic carbocycles. The normalized spacial score (nSPS) is 13.1. The molecule has 0 fully saturated rings. The minimum absolute atomic E-state index is 0.676. The summed E-state index contributed by atoms with van der Waals surface area (Å²) in [4.78, 5) is 0. The Balaban J connectivity index is 3.49. The SMILES string of the molecule is CCCNC(CCCOC)CSCC. The van der Waals surface area contributed by atoms with Gasteiger partial charge in [-0.3, -0.25) is 0 Å². The molecule has 0 rings (SSSR count). The van der Waals surface area contributed by atoms with Gasteiger partial charge in [0.15, 0.2) is 0 Å². The van der Waals surface area contributed by atoms with Crippen LogP contribution in [0.5, 0.6) is 0 Å². The van der Waals surface area contributed by atoms with Gasteiger partial charge in [0.2, 0.25) is 0 Å². The van der Waals surface area contributed by atoms with Crippen LogP contribution in [0, 0.1) is 0 Å². The molecule has 1 N–H and O–H groups in total. The first-order valence-electron chi connectivity index (χ1n) is 5.65. The van der Waals surface area contributed by atoms with Gasteiger partial charge < -0.3 is 10.1 Å². The van der Waals surface area contributed by atoms with E-state index in [1.165, 1.54) is 30.8 Å². The Morgan fingerprint density at radius 3 is 2.71 bits per heavy atom. The first-order valence-corrected chi connectivity index (χ1v) is 6.80. The molecule has 0 aromatic rings. The predicted octanol–water partition coefficient (Wildman–Crippen LogP) is 2.53. The molecular weight excluding hydrogens is 194 g/mol. The second-order valence-corrected chi connectivity index (χ2v) is 4.76. The van der Waals surface area contributed by atoms with Crippen LogP contribution in [-0.4, -0.2) is 37.8 Å². The Morgan fingerprint density at radius 2 is 2.14 bits per heavy atom. The average molecular weight is 219 g/mol. The molecule has 0 spiro atoms. The zero-order chi connectivity index (χ0) is 10.6. The monoisotopic (exact) mass is 219 g/mol. The number of ether oxygens (including phenoxy) is 1. The Hall–Kier alpha value is 0.270. The van der Waals surface area contributed by atoms with Crippen LogP contribution >= 0.6 is 11.8 Å². The molecule has 1 unspecified atom stereocenters. The molecule has 14 heavy (non-hydrogen) atoms. The molecule has 0 aliphatic rings. The third kappa shape index (κ3) is 8.85. The van der Waals surface area contributed by atoms with E-state index in [1.807, 2.05) is 11.8 Å². The van der Waals surface area contributed by atoms with E-state index in [-0.39, 0.29) is 0 Å². The number of rotatable bonds is 10. The number of hydrogen-bond acceptors (Lipinski definition) is 3. The fraction of sp³-hybridized carbons (Fsp3) is 1.00. The van der Waals surface area contributed by atoms with E-state index in [2.05, 4.69) is 19.2 Å². The molecule has 86 valence electrons. The van der Waals surface area contributed by atoms with Crippen LogP contribution < -0.4 is 5.32 Å². The minimum Gasteiger partial charge on any atom is -0.385 e. The van der Waals surface area contributed by atoms with E-state index in [0.29, 0.717) is 6.04 Å². The van der Waals surface area contributed by atoms with Gasteiger partial charge in [-0.05, 0) is 31.6 Å². The van der Waals surface area contributed by atoms with Crippen molar-refractivity contribution >= 4 is 11.8 Å². The van der Waals surface area contributed by atoms with Crippen LogP contribution in [0.25, 0.3) is 0 Å². The standard InChI is InChI=1S/C11H25NOS/c1-4-8-12-11(10-14-5-2)7-6-9-13-3/h11-12H,4-10H2,1-3H3. The quantitative estimate of drug-likeness (QED) is 0.571. The number of nitrogens with one attached hydrogen (secondary N) is 1. The molecule has 0 radical (unpaired) electrons. The summed E-state index contributed by atoms with van der Waals surface area (Å²) in [6.07, 6.45) is 3.63. The molecule has 0 amide bonds. The molecular formula is C11H25NOS. The number of methoxy groups -OCH3 is 1. The van der Waals surface area contributed by atoms with Crippen LogP contribution in [0.15, 0.2) is 0 Å². The summed E-state index contributed by atoms with van der Waals surface area (Å²) in [5, 5.41) is 3.59. The van der Waals surface area contributed by atoms with Crippen molar-refractivity contribution in [3.8, 4) is 0 Å². The van der Waals surface area contributed by atoms with Crippen LogP contribution in [0.2, 0.25) is 0 Å². The first kappa shape index (κ1) is 14.3. The molecule has 2 nitrogen and oxygen atoms in total. The number of hydrogen-bond donors (Lipinski definition) is 1. The van der Waals surface area contributed by atoms with E-state index in [9.17, 15) is 0 Å². The maximum Gasteiger partial charge on any atom is 0.0462 e. The van der Waals surface area contributed by atoms with E-state index < -0.39 is 0 Å². The van der Waals surface area contributed by atoms with Crippen molar-refractivity contribution in [2.45, 2.75) is 39.2 Å². The van der Waals surface area contributed by atoms with Crippen molar-refractivity contribution in [3.05, 3.63) is 0 Å². The zero-order valence-electron chi connectivity index (χ0n) is 9.84. The number of thioether (sulfide) groups is 1. The van der Waals surface area contributed by atoms with Gasteiger partial charge in [-0.1, -0.05) is 13.8 Å². The van der Waals surface area contributed by atoms with Gasteiger partial charge in [0.1, 0.15) is 0 Å². The Bertz CT molecular complexity index is 103. The minimum atomic E-state index is 0.676. The first-order chi connectivity index (χ1) is 6.85. The average Bonchev–Trinajstić information content (AvgIpc) is 2.21. The van der Waals surface area contributed by atoms with Gasteiger partial charge in [0.25, 0.3) is 0 Å². The molecule has 0 aliphatic heterocycles. The zero-order valence-corrected chi connectivity index (χ0v) is 10.7. The third-order valence-corrected chi connectivity index (χ3v) is 3.15. The largest absolute Gasteiger partial charge is 0.385 e. The Morgan fingerprint density at radius 1 is 1.36 bits per heavy atom. The van der Waals surface area contributed by atoms with Crippen molar-refractivity contribution < 1.29 is 4.74 Å². The highest BCUT2D eigenvalue weighted by molar-refractivity contribution is 7.99. The van der Waals surface area contributed by atoms with Crippen molar-refractivity contribution in [1.29, 1.82) is 0 Å². The second kappa shape index (κ2) is 11.3. The Kier molecular flexibility index (Phi) is 11.6. The summed E-state index contributed by atoms with van der Waals surface area (Å²) >= 11 is 2.02. The lowest BCUT2D eigenvalue weighted by Gasteiger charge is -2.17. The third-order valence-electron chi connectivity index (χ3n) is 2.11. The fourth-order valence-electron chi connectivity index (χ4n) is 1.33. The highest BCUT2D eigenvalue weighted by atomic mass is 32.2. The molecule has 3 heteroatoms. The van der Waals surface area contributed by atoms with Crippen LogP contribution in [-0.2, 0) is 4.74 Å². The predicted molar refractivity (Wildman–Crippen MR) is 66.2 cm³/mol. The van der Waals surface area contributed by atoms with Gasteiger partial charge in [-0.2, -0.15) is 11.8 Å². The van der Waals surface area contributed by atoms with Gasteiger partial charge in [0.05, 0.1) is 0 Å². The smallest absolute Gasteiger partial charge is 0.0462 e. The van der Waals surface area contributed by atoms with Crippen LogP contribution in [0.1, 0.15) is 33.1 Å². The van der Waals surface area contributed by atoms with Gasteiger partial charge >= 0.3 is 0 Å². The Labute approximate surface area is 93.2 Å². The van der Waals surface area contributed by atoms with E-state index in [0.717, 1.165) is 13.2 Å². The maximum absolute atomic E-state index is 5.07. The van der Waals surface area contributed by atoms with Crippen molar-refractivity contribution in [1.82, 2.24) is 5.32 Å². The summed E-state index contributed by atoms with van der Waals surface area (Å²) in [5.74, 6) is 2.45. The lowest BCUT2D eigenvalue weighted by Crippen LogP contribution is -2.32. The van der Waals surface area contributed by atoms with Gasteiger partial charge in [-0.25, -0.2) is 0 Å². The van der Waals surface area contributed by atoms with E-state index in [1.54, 1.807) is 7.11 Å². The molecule has 0 saturated heterocycles.